The van der Waals surface area contributed by atoms with Crippen LogP contribution in [0.2, 0.25) is 0 Å². The number of carboxylic acid groups (broad SMARTS) is 1. The fraction of sp³-hybridized carbons (Fsp3) is 0.591. The molecular weight excluding hydrogens is 387 g/mol. The van der Waals surface area contributed by atoms with Crippen LogP contribution in [0.4, 0.5) is 4.39 Å². The fourth-order valence-electron chi connectivity index (χ4n) is 5.89. The number of fused-ring (bicyclic) bond motifs is 4. The third kappa shape index (κ3) is 3.37. The molecule has 0 radical (unpaired) electrons. The maximum atomic E-state index is 13.6. The Morgan fingerprint density at radius 3 is 2.53 bits per heavy atom. The molecule has 3 saturated carbocycles. The van der Waals surface area contributed by atoms with Gasteiger partial charge >= 0.3 is 5.97 Å². The largest absolute Gasteiger partial charge is 0.481 e. The van der Waals surface area contributed by atoms with Crippen molar-refractivity contribution in [1.29, 1.82) is 0 Å². The van der Waals surface area contributed by atoms with E-state index in [1.807, 2.05) is 0 Å². The fourth-order valence-corrected chi connectivity index (χ4v) is 5.89. The lowest BCUT2D eigenvalue weighted by molar-refractivity contribution is -0.150. The Labute approximate surface area is 174 Å². The van der Waals surface area contributed by atoms with Gasteiger partial charge in [0.15, 0.2) is 0 Å². The number of hydrogen-bond donors (Lipinski definition) is 3. The van der Waals surface area contributed by atoms with Crippen molar-refractivity contribution in [2.45, 2.75) is 50.6 Å². The minimum Gasteiger partial charge on any atom is -0.481 e. The second-order valence-corrected chi connectivity index (χ2v) is 9.05. The van der Waals surface area contributed by atoms with Crippen LogP contribution in [-0.4, -0.2) is 57.0 Å². The molecule has 160 valence electrons. The Hall–Kier alpha value is -2.48. The minimum atomic E-state index is -0.672. The molecule has 1 unspecified atom stereocenters. The molecule has 6 rings (SSSR count). The van der Waals surface area contributed by atoms with Gasteiger partial charge in [-0.2, -0.15) is 0 Å². The Morgan fingerprint density at radius 2 is 1.83 bits per heavy atom. The molecule has 2 atom stereocenters. The summed E-state index contributed by atoms with van der Waals surface area (Å²) in [6, 6.07) is 1.61. The van der Waals surface area contributed by atoms with E-state index in [1.165, 1.54) is 6.07 Å². The molecule has 7 nitrogen and oxygen atoms in total. The normalized spacial score (nSPS) is 29.4. The van der Waals surface area contributed by atoms with Crippen molar-refractivity contribution in [3.8, 4) is 0 Å². The monoisotopic (exact) mass is 414 g/mol. The quantitative estimate of drug-likeness (QED) is 0.715. The van der Waals surface area contributed by atoms with E-state index in [9.17, 15) is 19.1 Å². The number of hydrogen-bond acceptors (Lipinski definition) is 4. The number of carbonyl (C=O) groups is 2. The molecule has 1 aliphatic heterocycles. The molecule has 4 aliphatic rings. The maximum absolute atomic E-state index is 13.6. The summed E-state index contributed by atoms with van der Waals surface area (Å²) in [4.78, 5) is 33.6. The van der Waals surface area contributed by atoms with Crippen LogP contribution < -0.4 is 5.32 Å². The van der Waals surface area contributed by atoms with Crippen LogP contribution >= 0.6 is 0 Å². The van der Waals surface area contributed by atoms with Gasteiger partial charge in [0.25, 0.3) is 5.91 Å². The molecule has 0 aromatic carbocycles. The van der Waals surface area contributed by atoms with E-state index >= 15 is 0 Å². The van der Waals surface area contributed by atoms with Crippen molar-refractivity contribution in [3.63, 3.8) is 0 Å². The number of likely N-dealkylation sites (tertiary alicyclic amines) is 1. The van der Waals surface area contributed by atoms with Gasteiger partial charge in [0, 0.05) is 36.8 Å². The van der Waals surface area contributed by atoms with Crippen molar-refractivity contribution in [3.05, 3.63) is 29.8 Å². The predicted molar refractivity (Wildman–Crippen MR) is 108 cm³/mol. The van der Waals surface area contributed by atoms with Crippen molar-refractivity contribution in [1.82, 2.24) is 20.2 Å². The average Bonchev–Trinajstić information content (AvgIpc) is 3.17. The standard InChI is InChI=1S/C22H27FN4O3/c23-14-9-16-17(11-25-20(16)24-10-14)21(28)27-7-5-15(6-8-27)26-19-13-3-1-12(2-4-13)18(19)22(29)30/h9-13,15,18-19,26H,1-8H2,(H,24,25)(H,29,30)/t12-,13+,18-,19?/m0/s1. The number of aliphatic carboxylic acids is 1. The van der Waals surface area contributed by atoms with E-state index in [0.29, 0.717) is 41.5 Å². The number of H-pyrrole nitrogens is 1. The van der Waals surface area contributed by atoms with Crippen molar-refractivity contribution < 1.29 is 19.1 Å². The zero-order valence-electron chi connectivity index (χ0n) is 16.8. The van der Waals surface area contributed by atoms with Gasteiger partial charge in [0.2, 0.25) is 0 Å². The first kappa shape index (κ1) is 19.5. The summed E-state index contributed by atoms with van der Waals surface area (Å²) < 4.78 is 13.6. The van der Waals surface area contributed by atoms with Gasteiger partial charge < -0.3 is 20.3 Å². The number of carbonyl (C=O) groups excluding carboxylic acids is 1. The highest BCUT2D eigenvalue weighted by atomic mass is 19.1. The number of nitrogens with one attached hydrogen (secondary N) is 2. The molecule has 2 bridgehead atoms. The first-order valence-electron chi connectivity index (χ1n) is 10.9. The van der Waals surface area contributed by atoms with Gasteiger partial charge in [0.05, 0.1) is 17.7 Å². The van der Waals surface area contributed by atoms with Crippen LogP contribution in [0.5, 0.6) is 0 Å². The number of aromatic amines is 1. The lowest BCUT2D eigenvalue weighted by Gasteiger charge is -2.49. The topological polar surface area (TPSA) is 98.3 Å². The lowest BCUT2D eigenvalue weighted by Crippen LogP contribution is -2.58. The Bertz CT molecular complexity index is 960. The summed E-state index contributed by atoms with van der Waals surface area (Å²) in [5.41, 5.74) is 0.947. The van der Waals surface area contributed by atoms with Gasteiger partial charge in [-0.25, -0.2) is 9.37 Å². The molecule has 8 heteroatoms. The third-order valence-corrected chi connectivity index (χ3v) is 7.44. The molecule has 30 heavy (non-hydrogen) atoms. The molecule has 1 saturated heterocycles. The number of amides is 1. The van der Waals surface area contributed by atoms with E-state index in [2.05, 4.69) is 15.3 Å². The van der Waals surface area contributed by atoms with Crippen molar-refractivity contribution >= 4 is 22.9 Å². The summed E-state index contributed by atoms with van der Waals surface area (Å²) in [5, 5.41) is 13.9. The summed E-state index contributed by atoms with van der Waals surface area (Å²) >= 11 is 0. The molecule has 4 fully saturated rings. The number of aromatic nitrogens is 2. The van der Waals surface area contributed by atoms with Gasteiger partial charge in [-0.3, -0.25) is 9.59 Å². The van der Waals surface area contributed by atoms with Gasteiger partial charge in [-0.15, -0.1) is 0 Å². The highest BCUT2D eigenvalue weighted by Gasteiger charge is 2.47. The Morgan fingerprint density at radius 1 is 1.13 bits per heavy atom. The van der Waals surface area contributed by atoms with Gasteiger partial charge in [-0.05, 0) is 56.4 Å². The Balaban J connectivity index is 1.23. The molecule has 0 spiro atoms. The number of nitrogens with zero attached hydrogens (tertiary/aromatic N) is 2. The lowest BCUT2D eigenvalue weighted by atomic mass is 9.61. The highest BCUT2D eigenvalue weighted by molar-refractivity contribution is 6.05. The SMILES string of the molecule is O=C(O)[C@@H]1C(NC2CCN(C(=O)c3c[nH]c4ncc(F)cc34)CC2)[C@H]2CC[C@@H]1CC2. The zero-order valence-corrected chi connectivity index (χ0v) is 16.8. The molecule has 3 N–H and O–H groups in total. The Kier molecular flexibility index (Phi) is 4.97. The second kappa shape index (κ2) is 7.65. The van der Waals surface area contributed by atoms with E-state index in [1.54, 1.807) is 11.1 Å². The highest BCUT2D eigenvalue weighted by Crippen LogP contribution is 2.45. The maximum Gasteiger partial charge on any atom is 0.308 e. The zero-order chi connectivity index (χ0) is 20.8. The molecule has 3 heterocycles. The van der Waals surface area contributed by atoms with E-state index in [-0.39, 0.29) is 23.9 Å². The van der Waals surface area contributed by atoms with E-state index < -0.39 is 11.8 Å². The summed E-state index contributed by atoms with van der Waals surface area (Å²) in [6.07, 6.45) is 8.62. The first-order valence-corrected chi connectivity index (χ1v) is 10.9. The minimum absolute atomic E-state index is 0.0462. The van der Waals surface area contributed by atoms with Crippen LogP contribution in [-0.2, 0) is 4.79 Å². The number of carboxylic acids is 1. The first-order chi connectivity index (χ1) is 14.5. The summed E-state index contributed by atoms with van der Waals surface area (Å²) in [7, 11) is 0. The summed E-state index contributed by atoms with van der Waals surface area (Å²) in [6.45, 7) is 1.20. The number of rotatable bonds is 4. The van der Waals surface area contributed by atoms with Crippen molar-refractivity contribution in [2.75, 3.05) is 13.1 Å². The predicted octanol–water partition coefficient (Wildman–Crippen LogP) is 2.79. The van der Waals surface area contributed by atoms with E-state index in [4.69, 9.17) is 0 Å². The molecule has 1 amide bonds. The molecule has 2 aromatic heterocycles. The molecule has 2 aromatic rings. The van der Waals surface area contributed by atoms with Crippen LogP contribution in [0.25, 0.3) is 11.0 Å². The smallest absolute Gasteiger partial charge is 0.308 e. The van der Waals surface area contributed by atoms with Crippen molar-refractivity contribution in [2.24, 2.45) is 17.8 Å². The third-order valence-electron chi connectivity index (χ3n) is 7.44. The molecular formula is C22H27FN4O3. The average molecular weight is 414 g/mol. The van der Waals surface area contributed by atoms with Crippen LogP contribution in [0.3, 0.4) is 0 Å². The summed E-state index contributed by atoms with van der Waals surface area (Å²) in [5.74, 6) is -0.798. The van der Waals surface area contributed by atoms with Gasteiger partial charge in [0.1, 0.15) is 11.5 Å². The van der Waals surface area contributed by atoms with Crippen LogP contribution in [0.15, 0.2) is 18.5 Å². The van der Waals surface area contributed by atoms with Crippen LogP contribution in [0.1, 0.15) is 48.9 Å². The van der Waals surface area contributed by atoms with Crippen LogP contribution in [0, 0.1) is 23.6 Å². The van der Waals surface area contributed by atoms with E-state index in [0.717, 1.165) is 44.7 Å². The van der Waals surface area contributed by atoms with Gasteiger partial charge in [-0.1, -0.05) is 0 Å². The number of piperidine rings is 1. The number of pyridine rings is 1. The second-order valence-electron chi connectivity index (χ2n) is 9.05. The molecule has 3 aliphatic carbocycles. The number of halogens is 1.